The molecule has 5 heteroatoms. The van der Waals surface area contributed by atoms with E-state index in [1.807, 2.05) is 0 Å². The lowest BCUT2D eigenvalue weighted by molar-refractivity contribution is 0.123. The maximum absolute atomic E-state index is 5.57. The molecular weight excluding hydrogens is 306 g/mol. The number of ether oxygens (including phenoxy) is 1. The van der Waals surface area contributed by atoms with Gasteiger partial charge in [-0.25, -0.2) is 0 Å². The summed E-state index contributed by atoms with van der Waals surface area (Å²) in [7, 11) is 0. The summed E-state index contributed by atoms with van der Waals surface area (Å²) in [6.45, 7) is 5.76. The molecule has 1 aromatic carbocycles. The van der Waals surface area contributed by atoms with Crippen LogP contribution in [0, 0.1) is 5.92 Å². The van der Waals surface area contributed by atoms with Crippen LogP contribution in [0.3, 0.4) is 0 Å². The minimum Gasteiger partial charge on any atom is -0.378 e. The highest BCUT2D eigenvalue weighted by atomic mass is 32.1. The largest absolute Gasteiger partial charge is 0.378 e. The molecule has 0 aromatic heterocycles. The molecule has 1 heterocycles. The fraction of sp³-hybridized carbons (Fsp3) is 0.611. The highest BCUT2D eigenvalue weighted by molar-refractivity contribution is 7.80. The van der Waals surface area contributed by atoms with Gasteiger partial charge in [0.25, 0.3) is 0 Å². The second-order valence-electron chi connectivity index (χ2n) is 6.58. The second-order valence-corrected chi connectivity index (χ2v) is 6.99. The summed E-state index contributed by atoms with van der Waals surface area (Å²) < 4.78 is 5.45. The van der Waals surface area contributed by atoms with Gasteiger partial charge in [-0.3, -0.25) is 0 Å². The van der Waals surface area contributed by atoms with Crippen molar-refractivity contribution in [2.75, 3.05) is 36.5 Å². The standard InChI is InChI=1S/C18H27N3OS/c1-14-6-2-3-7-15(14)19-18(23)20-16-8-4-5-9-17(16)21-10-12-22-13-11-21/h4-5,8-9,14-15H,2-3,6-7,10-13H2,1H3,(H2,19,20,23)/t14-,15-/m0/s1. The Morgan fingerprint density at radius 3 is 2.70 bits per heavy atom. The number of rotatable bonds is 3. The van der Waals surface area contributed by atoms with Crippen molar-refractivity contribution in [3.05, 3.63) is 24.3 Å². The zero-order chi connectivity index (χ0) is 16.1. The van der Waals surface area contributed by atoms with Crippen molar-refractivity contribution in [1.29, 1.82) is 0 Å². The third kappa shape index (κ3) is 4.36. The zero-order valence-corrected chi connectivity index (χ0v) is 14.7. The molecule has 1 aromatic rings. The number of thiocarbonyl (C=S) groups is 1. The summed E-state index contributed by atoms with van der Waals surface area (Å²) in [5, 5.41) is 7.68. The van der Waals surface area contributed by atoms with Gasteiger partial charge in [0.05, 0.1) is 24.6 Å². The van der Waals surface area contributed by atoms with Gasteiger partial charge in [-0.05, 0) is 43.1 Å². The number of hydrogen-bond acceptors (Lipinski definition) is 3. The van der Waals surface area contributed by atoms with Crippen molar-refractivity contribution in [2.45, 2.75) is 38.6 Å². The molecule has 2 N–H and O–H groups in total. The van der Waals surface area contributed by atoms with Crippen LogP contribution in [-0.2, 0) is 4.74 Å². The molecule has 0 unspecified atom stereocenters. The van der Waals surface area contributed by atoms with Crippen molar-refractivity contribution >= 4 is 28.7 Å². The van der Waals surface area contributed by atoms with Gasteiger partial charge in [0, 0.05) is 19.1 Å². The van der Waals surface area contributed by atoms with E-state index in [2.05, 4.69) is 46.7 Å². The number of nitrogens with one attached hydrogen (secondary N) is 2. The van der Waals surface area contributed by atoms with E-state index < -0.39 is 0 Å². The number of anilines is 2. The van der Waals surface area contributed by atoms with Crippen LogP contribution in [0.15, 0.2) is 24.3 Å². The molecule has 1 saturated heterocycles. The van der Waals surface area contributed by atoms with Crippen LogP contribution < -0.4 is 15.5 Å². The lowest BCUT2D eigenvalue weighted by atomic mass is 9.86. The molecule has 1 aliphatic carbocycles. The molecule has 1 aliphatic heterocycles. The predicted octanol–water partition coefficient (Wildman–Crippen LogP) is 3.39. The maximum Gasteiger partial charge on any atom is 0.171 e. The smallest absolute Gasteiger partial charge is 0.171 e. The van der Waals surface area contributed by atoms with Crippen LogP contribution in [0.4, 0.5) is 11.4 Å². The van der Waals surface area contributed by atoms with E-state index in [4.69, 9.17) is 17.0 Å². The van der Waals surface area contributed by atoms with Crippen molar-refractivity contribution in [3.8, 4) is 0 Å². The van der Waals surface area contributed by atoms with Crippen molar-refractivity contribution in [1.82, 2.24) is 5.32 Å². The lowest BCUT2D eigenvalue weighted by Crippen LogP contribution is -2.43. The van der Waals surface area contributed by atoms with Crippen molar-refractivity contribution in [2.24, 2.45) is 5.92 Å². The average Bonchev–Trinajstić information content (AvgIpc) is 2.58. The van der Waals surface area contributed by atoms with E-state index in [-0.39, 0.29) is 0 Å². The highest BCUT2D eigenvalue weighted by Crippen LogP contribution is 2.27. The van der Waals surface area contributed by atoms with Crippen LogP contribution in [-0.4, -0.2) is 37.5 Å². The summed E-state index contributed by atoms with van der Waals surface area (Å²) in [5.74, 6) is 0.693. The minimum atomic E-state index is 0.499. The number of para-hydroxylation sites is 2. The predicted molar refractivity (Wildman–Crippen MR) is 100 cm³/mol. The van der Waals surface area contributed by atoms with Crippen LogP contribution in [0.25, 0.3) is 0 Å². The summed E-state index contributed by atoms with van der Waals surface area (Å²) in [6, 6.07) is 8.88. The molecule has 4 nitrogen and oxygen atoms in total. The fourth-order valence-corrected chi connectivity index (χ4v) is 3.78. The molecule has 3 rings (SSSR count). The molecule has 0 bridgehead atoms. The third-order valence-corrected chi connectivity index (χ3v) is 5.15. The zero-order valence-electron chi connectivity index (χ0n) is 13.9. The van der Waals surface area contributed by atoms with Crippen LogP contribution in [0.5, 0.6) is 0 Å². The molecule has 23 heavy (non-hydrogen) atoms. The third-order valence-electron chi connectivity index (χ3n) is 4.93. The summed E-state index contributed by atoms with van der Waals surface area (Å²) in [5.41, 5.74) is 2.28. The minimum absolute atomic E-state index is 0.499. The second kappa shape index (κ2) is 7.97. The Bertz CT molecular complexity index is 531. The topological polar surface area (TPSA) is 36.5 Å². The molecule has 2 fully saturated rings. The van der Waals surface area contributed by atoms with Gasteiger partial charge in [0.15, 0.2) is 5.11 Å². The molecular formula is C18H27N3OS. The van der Waals surface area contributed by atoms with E-state index in [0.29, 0.717) is 12.0 Å². The van der Waals surface area contributed by atoms with E-state index in [0.717, 1.165) is 37.1 Å². The number of nitrogens with zero attached hydrogens (tertiary/aromatic N) is 1. The van der Waals surface area contributed by atoms with E-state index >= 15 is 0 Å². The van der Waals surface area contributed by atoms with Crippen LogP contribution in [0.1, 0.15) is 32.6 Å². The van der Waals surface area contributed by atoms with E-state index in [1.54, 1.807) is 0 Å². The molecule has 0 spiro atoms. The molecule has 2 atom stereocenters. The molecule has 1 saturated carbocycles. The quantitative estimate of drug-likeness (QED) is 0.829. The Morgan fingerprint density at radius 1 is 1.17 bits per heavy atom. The van der Waals surface area contributed by atoms with Crippen LogP contribution in [0.2, 0.25) is 0 Å². The number of morpholine rings is 1. The summed E-state index contributed by atoms with van der Waals surface area (Å²) >= 11 is 5.57. The van der Waals surface area contributed by atoms with Crippen molar-refractivity contribution < 1.29 is 4.74 Å². The van der Waals surface area contributed by atoms with Gasteiger partial charge >= 0.3 is 0 Å². The SMILES string of the molecule is C[C@H]1CCCC[C@@H]1NC(=S)Nc1ccccc1N1CCOCC1. The van der Waals surface area contributed by atoms with Crippen molar-refractivity contribution in [3.63, 3.8) is 0 Å². The molecule has 126 valence electrons. The Morgan fingerprint density at radius 2 is 1.91 bits per heavy atom. The molecule has 0 amide bonds. The average molecular weight is 334 g/mol. The normalized spacial score (nSPS) is 25.0. The van der Waals surface area contributed by atoms with Gasteiger partial charge in [-0.2, -0.15) is 0 Å². The summed E-state index contributed by atoms with van der Waals surface area (Å²) in [6.07, 6.45) is 5.16. The Hall–Kier alpha value is -1.33. The van der Waals surface area contributed by atoms with Gasteiger partial charge in [0.2, 0.25) is 0 Å². The first-order chi connectivity index (χ1) is 11.2. The number of hydrogen-bond donors (Lipinski definition) is 2. The summed E-state index contributed by atoms with van der Waals surface area (Å²) in [4.78, 5) is 2.36. The first kappa shape index (κ1) is 16.5. The Labute approximate surface area is 144 Å². The highest BCUT2D eigenvalue weighted by Gasteiger charge is 2.22. The monoisotopic (exact) mass is 333 g/mol. The van der Waals surface area contributed by atoms with Gasteiger partial charge < -0.3 is 20.3 Å². The van der Waals surface area contributed by atoms with Gasteiger partial charge in [0.1, 0.15) is 0 Å². The van der Waals surface area contributed by atoms with Crippen LogP contribution >= 0.6 is 12.2 Å². The molecule has 2 aliphatic rings. The van der Waals surface area contributed by atoms with Gasteiger partial charge in [-0.15, -0.1) is 0 Å². The molecule has 0 radical (unpaired) electrons. The maximum atomic E-state index is 5.57. The first-order valence-corrected chi connectivity index (χ1v) is 9.14. The van der Waals surface area contributed by atoms with E-state index in [9.17, 15) is 0 Å². The van der Waals surface area contributed by atoms with E-state index in [1.165, 1.54) is 31.4 Å². The first-order valence-electron chi connectivity index (χ1n) is 8.73. The lowest BCUT2D eigenvalue weighted by Gasteiger charge is -2.32. The Balaban J connectivity index is 1.63. The van der Waals surface area contributed by atoms with Gasteiger partial charge in [-0.1, -0.05) is 31.9 Å². The fourth-order valence-electron chi connectivity index (χ4n) is 3.52. The Kier molecular flexibility index (Phi) is 5.73. The number of benzene rings is 1.